The van der Waals surface area contributed by atoms with Crippen LogP contribution in [0.4, 0.5) is 0 Å². The molecule has 0 aliphatic carbocycles. The maximum absolute atomic E-state index is 5.62. The van der Waals surface area contributed by atoms with Crippen molar-refractivity contribution in [1.82, 2.24) is 4.98 Å². The first kappa shape index (κ1) is 42.9. The number of nitrogens with one attached hydrogen (secondary N) is 2. The quantitative estimate of drug-likeness (QED) is 0.181. The lowest BCUT2D eigenvalue weighted by atomic mass is 9.87. The van der Waals surface area contributed by atoms with Crippen LogP contribution in [-0.4, -0.2) is 16.4 Å². The second kappa shape index (κ2) is 15.7. The van der Waals surface area contributed by atoms with E-state index in [0.717, 1.165) is 44.9 Å². The van der Waals surface area contributed by atoms with E-state index in [2.05, 4.69) is 194 Å². The fourth-order valence-electron chi connectivity index (χ4n) is 11.6. The van der Waals surface area contributed by atoms with Crippen molar-refractivity contribution in [3.8, 4) is 11.1 Å². The van der Waals surface area contributed by atoms with E-state index in [1.165, 1.54) is 134 Å². The summed E-state index contributed by atoms with van der Waals surface area (Å²) in [4.78, 5) is 15.2. The number of H-pyrrole nitrogens is 1. The van der Waals surface area contributed by atoms with Crippen molar-refractivity contribution < 1.29 is 5.32 Å². The van der Waals surface area contributed by atoms with Crippen molar-refractivity contribution in [3.63, 3.8) is 0 Å². The van der Waals surface area contributed by atoms with E-state index in [1.807, 2.05) is 0 Å². The summed E-state index contributed by atoms with van der Waals surface area (Å²) in [6.45, 7) is 35.8. The van der Waals surface area contributed by atoms with Crippen LogP contribution in [0.1, 0.15) is 110 Å². The average molecular weight is 839 g/mol. The van der Waals surface area contributed by atoms with Gasteiger partial charge in [-0.15, -0.1) is 5.32 Å². The Labute approximate surface area is 380 Å². The first-order valence-corrected chi connectivity index (χ1v) is 22.8. The summed E-state index contributed by atoms with van der Waals surface area (Å²) < 4.78 is 0. The van der Waals surface area contributed by atoms with E-state index < -0.39 is 0 Å². The predicted octanol–water partition coefficient (Wildman–Crippen LogP) is 11.9. The topological polar surface area (TPSA) is 56.1 Å². The number of aliphatic imine (C=N–C) groups is 2. The van der Waals surface area contributed by atoms with E-state index in [9.17, 15) is 0 Å². The van der Waals surface area contributed by atoms with Gasteiger partial charge in [-0.2, -0.15) is 0 Å². The van der Waals surface area contributed by atoms with Crippen LogP contribution in [0, 0.1) is 90.0 Å². The standard InChI is InChI=1S/C60H62N4/c1-29-17-33(5)53(34(6)18-29)57-41(13)45-26-50-59(55-37(9)21-31(3)22-38(55)10)43(15)47(63-50)28-52-60(56-39(11)23-32(4)24-40(56)12)44(16)48(64-52)27-51-58(42(14)46(62-51)25-49(57)61-45)54-35(7)19-30(2)20-36(54)8/h17-28,61,64H,1-16H3/q+1. The molecule has 5 heterocycles. The third kappa shape index (κ3) is 7.04. The van der Waals surface area contributed by atoms with Crippen LogP contribution >= 0.6 is 0 Å². The van der Waals surface area contributed by atoms with Gasteiger partial charge in [0.15, 0.2) is 11.4 Å². The number of rotatable bonds is 4. The molecular formula is C60H62N4+. The lowest BCUT2D eigenvalue weighted by molar-refractivity contribution is -0.540. The predicted molar refractivity (Wildman–Crippen MR) is 272 cm³/mol. The Morgan fingerprint density at radius 2 is 0.750 bits per heavy atom. The maximum atomic E-state index is 5.62. The molecule has 321 valence electrons. The Bertz CT molecular complexity index is 3280. The van der Waals surface area contributed by atoms with Crippen LogP contribution in [0.5, 0.6) is 0 Å². The number of aromatic amines is 1. The van der Waals surface area contributed by atoms with Gasteiger partial charge in [-0.3, -0.25) is 0 Å². The van der Waals surface area contributed by atoms with Gasteiger partial charge in [0.05, 0.1) is 28.4 Å². The summed E-state index contributed by atoms with van der Waals surface area (Å²) >= 11 is 0. The SMILES string of the molecule is CC1=C2C=C3N=C(C=c4[nH]c(c(C)c4-c4c(C)cc(C)cc4C)=CC4=NC(=CC(=C1c1c(C)cc(C)cc1C)[NH+]2)C(C)=C4c1c(C)cc(C)cc1C)C(C)=C3c1c(C)cc(C)cc1C. The van der Waals surface area contributed by atoms with Gasteiger partial charge in [0, 0.05) is 45.1 Å². The smallest absolute Gasteiger partial charge is 0.195 e. The number of hydrogen-bond acceptors (Lipinski definition) is 3. The summed E-state index contributed by atoms with van der Waals surface area (Å²) in [5.74, 6) is 0. The van der Waals surface area contributed by atoms with Crippen LogP contribution in [0.15, 0.2) is 110 Å². The normalized spacial score (nSPS) is 16.1. The molecule has 2 N–H and O–H groups in total. The lowest BCUT2D eigenvalue weighted by Gasteiger charge is -2.15. The Morgan fingerprint density at radius 3 is 1.25 bits per heavy atom. The first-order chi connectivity index (χ1) is 30.3. The molecule has 9 rings (SSSR count). The van der Waals surface area contributed by atoms with Gasteiger partial charge in [-0.05, 0) is 206 Å². The van der Waals surface area contributed by atoms with Gasteiger partial charge in [-0.1, -0.05) is 70.8 Å². The number of nitrogens with zero attached hydrogens (tertiary/aromatic N) is 2. The van der Waals surface area contributed by atoms with Crippen LogP contribution in [-0.2, 0) is 0 Å². The number of aryl methyl sites for hydroxylation is 12. The zero-order chi connectivity index (χ0) is 45.8. The molecule has 0 fully saturated rings. The minimum absolute atomic E-state index is 0.960. The Balaban J connectivity index is 1.44. The van der Waals surface area contributed by atoms with Crippen molar-refractivity contribution in [2.24, 2.45) is 9.98 Å². The molecule has 0 amide bonds. The summed E-state index contributed by atoms with van der Waals surface area (Å²) in [6, 6.07) is 18.5. The van der Waals surface area contributed by atoms with Gasteiger partial charge in [0.2, 0.25) is 0 Å². The van der Waals surface area contributed by atoms with Gasteiger partial charge >= 0.3 is 0 Å². The molecule has 1 radical (unpaired) electrons. The number of hydrogen-bond donors (Lipinski definition) is 2. The number of fused-ring (bicyclic) bond motifs is 6. The molecule has 0 atom stereocenters. The molecule has 4 aliphatic rings. The van der Waals surface area contributed by atoms with E-state index >= 15 is 0 Å². The van der Waals surface area contributed by atoms with Crippen molar-refractivity contribution in [1.29, 1.82) is 0 Å². The molecule has 0 saturated heterocycles. The van der Waals surface area contributed by atoms with Crippen molar-refractivity contribution in [2.75, 3.05) is 0 Å². The molecular weight excluding hydrogens is 777 g/mol. The number of benzene rings is 4. The molecule has 5 aromatic rings. The third-order valence-corrected chi connectivity index (χ3v) is 14.0. The van der Waals surface area contributed by atoms with Crippen LogP contribution in [0.3, 0.4) is 0 Å². The Hall–Kier alpha value is -6.36. The summed E-state index contributed by atoms with van der Waals surface area (Å²) in [5.41, 5.74) is 35.6. The highest BCUT2D eigenvalue weighted by Gasteiger charge is 2.35. The monoisotopic (exact) mass is 838 g/mol. The van der Waals surface area contributed by atoms with Gasteiger partial charge in [0.25, 0.3) is 0 Å². The van der Waals surface area contributed by atoms with Gasteiger partial charge in [0.1, 0.15) is 0 Å². The summed E-state index contributed by atoms with van der Waals surface area (Å²) in [6.07, 6.45) is 9.20. The molecule has 8 bridgehead atoms. The van der Waals surface area contributed by atoms with Crippen molar-refractivity contribution in [3.05, 3.63) is 200 Å². The molecule has 0 spiro atoms. The van der Waals surface area contributed by atoms with Crippen LogP contribution < -0.4 is 16.0 Å². The molecule has 1 aromatic heterocycles. The highest BCUT2D eigenvalue weighted by Crippen LogP contribution is 2.43. The molecule has 0 saturated carbocycles. The Kier molecular flexibility index (Phi) is 10.5. The highest BCUT2D eigenvalue weighted by molar-refractivity contribution is 6.40. The highest BCUT2D eigenvalue weighted by atomic mass is 14.9. The van der Waals surface area contributed by atoms with Gasteiger partial charge < -0.3 is 4.98 Å². The fraction of sp³-hybridized carbons (Fsp3) is 0.267. The summed E-state index contributed by atoms with van der Waals surface area (Å²) in [7, 11) is 0. The van der Waals surface area contributed by atoms with E-state index in [4.69, 9.17) is 9.98 Å². The van der Waals surface area contributed by atoms with Crippen molar-refractivity contribution >= 4 is 40.3 Å². The largest absolute Gasteiger partial charge is 0.355 e. The second-order valence-electron chi connectivity index (χ2n) is 19.3. The molecule has 0 unspecified atom stereocenters. The second-order valence-corrected chi connectivity index (χ2v) is 19.3. The maximum Gasteiger partial charge on any atom is 0.195 e. The third-order valence-electron chi connectivity index (χ3n) is 14.0. The molecule has 4 aromatic carbocycles. The molecule has 4 nitrogen and oxygen atoms in total. The number of allylic oxidation sites excluding steroid dienone is 8. The molecule has 64 heavy (non-hydrogen) atoms. The fourth-order valence-corrected chi connectivity index (χ4v) is 11.6. The van der Waals surface area contributed by atoms with Crippen molar-refractivity contribution in [2.45, 2.75) is 111 Å². The summed E-state index contributed by atoms with van der Waals surface area (Å²) in [5, 5.41) is 6.09. The first-order valence-electron chi connectivity index (χ1n) is 22.8. The van der Waals surface area contributed by atoms with Crippen LogP contribution in [0.25, 0.3) is 40.0 Å². The molecule has 4 heteroatoms. The van der Waals surface area contributed by atoms with Gasteiger partial charge in [-0.25, -0.2) is 9.98 Å². The minimum atomic E-state index is 0.960. The Morgan fingerprint density at radius 1 is 0.344 bits per heavy atom. The van der Waals surface area contributed by atoms with E-state index in [-0.39, 0.29) is 0 Å². The zero-order valence-corrected chi connectivity index (χ0v) is 40.8. The van der Waals surface area contributed by atoms with Crippen LogP contribution in [0.2, 0.25) is 0 Å². The van der Waals surface area contributed by atoms with E-state index in [1.54, 1.807) is 0 Å². The zero-order valence-electron chi connectivity index (χ0n) is 40.8. The van der Waals surface area contributed by atoms with E-state index in [0.29, 0.717) is 0 Å². The lowest BCUT2D eigenvalue weighted by Crippen LogP contribution is -2.78. The minimum Gasteiger partial charge on any atom is -0.355 e. The molecule has 4 aliphatic heterocycles. The number of aromatic nitrogens is 1. The average Bonchev–Trinajstić information content (AvgIpc) is 3.85.